The number of rotatable bonds is 6. The molecular formula is C26H33ClO4. The van der Waals surface area contributed by atoms with Crippen LogP contribution in [-0.4, -0.2) is 30.0 Å². The van der Waals surface area contributed by atoms with Crippen molar-refractivity contribution in [1.82, 2.24) is 0 Å². The summed E-state index contributed by atoms with van der Waals surface area (Å²) in [4.78, 5) is 0. The van der Waals surface area contributed by atoms with Crippen molar-refractivity contribution < 1.29 is 19.3 Å². The molecule has 168 valence electrons. The molecule has 3 unspecified atom stereocenters. The van der Waals surface area contributed by atoms with E-state index in [0.29, 0.717) is 12.5 Å². The van der Waals surface area contributed by atoms with Gasteiger partial charge in [-0.1, -0.05) is 30.7 Å². The lowest BCUT2D eigenvalue weighted by Crippen LogP contribution is -2.30. The van der Waals surface area contributed by atoms with E-state index < -0.39 is 0 Å². The summed E-state index contributed by atoms with van der Waals surface area (Å²) in [7, 11) is 0. The lowest BCUT2D eigenvalue weighted by molar-refractivity contribution is -0.0910. The first-order valence-electron chi connectivity index (χ1n) is 11.3. The SMILES string of the molecule is CCOc1ccc(Cc2cc(C3CC(C)CC(CO)O3)c3c(c2Cl)CC(C)(C)O3)cc1. The summed E-state index contributed by atoms with van der Waals surface area (Å²) in [6, 6.07) is 10.4. The van der Waals surface area contributed by atoms with Crippen LogP contribution in [0.3, 0.4) is 0 Å². The van der Waals surface area contributed by atoms with E-state index in [1.54, 1.807) is 0 Å². The van der Waals surface area contributed by atoms with E-state index in [1.807, 2.05) is 19.1 Å². The van der Waals surface area contributed by atoms with Gasteiger partial charge in [0.2, 0.25) is 0 Å². The second-order valence-electron chi connectivity index (χ2n) is 9.54. The highest BCUT2D eigenvalue weighted by molar-refractivity contribution is 6.32. The Balaban J connectivity index is 1.70. The summed E-state index contributed by atoms with van der Waals surface area (Å²) in [6.45, 7) is 9.10. The molecule has 3 atom stereocenters. The minimum atomic E-state index is -0.296. The van der Waals surface area contributed by atoms with E-state index >= 15 is 0 Å². The van der Waals surface area contributed by atoms with Crippen LogP contribution in [0.4, 0.5) is 0 Å². The third kappa shape index (κ3) is 4.87. The molecule has 0 bridgehead atoms. The zero-order chi connectivity index (χ0) is 22.2. The molecule has 0 saturated carbocycles. The second kappa shape index (κ2) is 9.01. The number of hydrogen-bond acceptors (Lipinski definition) is 4. The molecule has 31 heavy (non-hydrogen) atoms. The number of ether oxygens (including phenoxy) is 3. The van der Waals surface area contributed by atoms with Crippen LogP contribution in [0.2, 0.25) is 5.02 Å². The number of aliphatic hydroxyl groups is 1. The normalized spacial score (nSPS) is 24.5. The van der Waals surface area contributed by atoms with Crippen molar-refractivity contribution in [1.29, 1.82) is 0 Å². The fraction of sp³-hybridized carbons (Fsp3) is 0.538. The van der Waals surface area contributed by atoms with Gasteiger partial charge >= 0.3 is 0 Å². The minimum Gasteiger partial charge on any atom is -0.494 e. The maximum atomic E-state index is 9.72. The first-order chi connectivity index (χ1) is 14.8. The van der Waals surface area contributed by atoms with Crippen LogP contribution in [0.25, 0.3) is 0 Å². The zero-order valence-corrected chi connectivity index (χ0v) is 19.7. The van der Waals surface area contributed by atoms with Crippen LogP contribution in [0.15, 0.2) is 30.3 Å². The van der Waals surface area contributed by atoms with Gasteiger partial charge in [-0.2, -0.15) is 0 Å². The van der Waals surface area contributed by atoms with Crippen LogP contribution in [0, 0.1) is 5.92 Å². The van der Waals surface area contributed by atoms with E-state index in [0.717, 1.165) is 58.9 Å². The Morgan fingerprint density at radius 1 is 1.19 bits per heavy atom. The van der Waals surface area contributed by atoms with Crippen molar-refractivity contribution in [2.24, 2.45) is 5.92 Å². The summed E-state index contributed by atoms with van der Waals surface area (Å²) in [6.07, 6.45) is 3.07. The smallest absolute Gasteiger partial charge is 0.130 e. The van der Waals surface area contributed by atoms with Gasteiger partial charge < -0.3 is 19.3 Å². The second-order valence-corrected chi connectivity index (χ2v) is 9.92. The highest BCUT2D eigenvalue weighted by Gasteiger charge is 2.38. The summed E-state index contributed by atoms with van der Waals surface area (Å²) < 4.78 is 18.2. The Hall–Kier alpha value is -1.75. The number of benzene rings is 2. The van der Waals surface area contributed by atoms with Gasteiger partial charge in [0.05, 0.1) is 30.4 Å². The van der Waals surface area contributed by atoms with Crippen molar-refractivity contribution in [2.75, 3.05) is 13.2 Å². The molecule has 0 amide bonds. The molecule has 2 heterocycles. The maximum Gasteiger partial charge on any atom is 0.130 e. The molecule has 2 aromatic rings. The first kappa shape index (κ1) is 22.4. The van der Waals surface area contributed by atoms with Crippen LogP contribution in [-0.2, 0) is 17.6 Å². The standard InChI is InChI=1S/C26H33ClO4/c1-5-29-19-8-6-17(7-9-19)12-18-13-21(23-11-16(2)10-20(15-28)30-23)25-22(24(18)27)14-26(3,4)31-25/h6-9,13,16,20,23,28H,5,10-12,14-15H2,1-4H3. The molecular weight excluding hydrogens is 412 g/mol. The lowest BCUT2D eigenvalue weighted by atomic mass is 9.87. The molecule has 0 radical (unpaired) electrons. The third-order valence-corrected chi connectivity index (χ3v) is 6.68. The van der Waals surface area contributed by atoms with E-state index in [4.69, 9.17) is 25.8 Å². The van der Waals surface area contributed by atoms with Crippen LogP contribution in [0.5, 0.6) is 11.5 Å². The maximum absolute atomic E-state index is 9.72. The molecule has 5 heteroatoms. The monoisotopic (exact) mass is 444 g/mol. The van der Waals surface area contributed by atoms with Crippen molar-refractivity contribution in [3.63, 3.8) is 0 Å². The average molecular weight is 445 g/mol. The van der Waals surface area contributed by atoms with Gasteiger partial charge in [0.25, 0.3) is 0 Å². The molecule has 0 aromatic heterocycles. The van der Waals surface area contributed by atoms with E-state index in [2.05, 4.69) is 39.0 Å². The van der Waals surface area contributed by atoms with Crippen molar-refractivity contribution in [2.45, 2.75) is 71.2 Å². The fourth-order valence-corrected chi connectivity index (χ4v) is 5.10. The van der Waals surface area contributed by atoms with Gasteiger partial charge in [0.1, 0.15) is 17.1 Å². The largest absolute Gasteiger partial charge is 0.494 e. The molecule has 0 spiro atoms. The molecule has 0 aliphatic carbocycles. The van der Waals surface area contributed by atoms with Crippen LogP contribution >= 0.6 is 11.6 Å². The van der Waals surface area contributed by atoms with E-state index in [9.17, 15) is 5.11 Å². The number of aliphatic hydroxyl groups excluding tert-OH is 1. The van der Waals surface area contributed by atoms with Gasteiger partial charge in [-0.15, -0.1) is 0 Å². The van der Waals surface area contributed by atoms with Crippen molar-refractivity contribution in [3.05, 3.63) is 57.6 Å². The summed E-state index contributed by atoms with van der Waals surface area (Å²) in [5, 5.41) is 10.5. The Morgan fingerprint density at radius 2 is 1.94 bits per heavy atom. The highest BCUT2D eigenvalue weighted by Crippen LogP contribution is 2.48. The summed E-state index contributed by atoms with van der Waals surface area (Å²) in [5.41, 5.74) is 4.11. The molecule has 1 N–H and O–H groups in total. The molecule has 4 rings (SSSR count). The molecule has 2 aliphatic heterocycles. The Bertz CT molecular complexity index is 922. The van der Waals surface area contributed by atoms with Gasteiger partial charge in [0.15, 0.2) is 0 Å². The fourth-order valence-electron chi connectivity index (χ4n) is 4.83. The summed E-state index contributed by atoms with van der Waals surface area (Å²) >= 11 is 6.92. The molecule has 1 fully saturated rings. The Morgan fingerprint density at radius 3 is 2.61 bits per heavy atom. The van der Waals surface area contributed by atoms with Gasteiger partial charge in [0, 0.05) is 17.5 Å². The highest BCUT2D eigenvalue weighted by atomic mass is 35.5. The van der Waals surface area contributed by atoms with Crippen molar-refractivity contribution in [3.8, 4) is 11.5 Å². The van der Waals surface area contributed by atoms with Gasteiger partial charge in [-0.25, -0.2) is 0 Å². The molecule has 2 aliphatic rings. The van der Waals surface area contributed by atoms with E-state index in [1.165, 1.54) is 5.56 Å². The number of halogens is 1. The molecule has 1 saturated heterocycles. The van der Waals surface area contributed by atoms with Gasteiger partial charge in [-0.3, -0.25) is 0 Å². The molecule has 4 nitrogen and oxygen atoms in total. The van der Waals surface area contributed by atoms with E-state index in [-0.39, 0.29) is 24.4 Å². The predicted molar refractivity (Wildman–Crippen MR) is 123 cm³/mol. The van der Waals surface area contributed by atoms with Crippen molar-refractivity contribution >= 4 is 11.6 Å². The topological polar surface area (TPSA) is 47.9 Å². The minimum absolute atomic E-state index is 0.0437. The van der Waals surface area contributed by atoms with Crippen LogP contribution in [0.1, 0.15) is 68.9 Å². The Labute approximate surface area is 190 Å². The van der Waals surface area contributed by atoms with Crippen LogP contribution < -0.4 is 9.47 Å². The summed E-state index contributed by atoms with van der Waals surface area (Å²) in [5.74, 6) is 2.23. The zero-order valence-electron chi connectivity index (χ0n) is 18.9. The number of fused-ring (bicyclic) bond motifs is 1. The third-order valence-electron chi connectivity index (χ3n) is 6.21. The quantitative estimate of drug-likeness (QED) is 0.603. The first-order valence-corrected chi connectivity index (χ1v) is 11.7. The lowest BCUT2D eigenvalue weighted by Gasteiger charge is -2.34. The Kier molecular flexibility index (Phi) is 6.52. The average Bonchev–Trinajstić information content (AvgIpc) is 3.06. The number of hydrogen-bond donors (Lipinski definition) is 1. The predicted octanol–water partition coefficient (Wildman–Crippen LogP) is 5.89. The molecule has 2 aromatic carbocycles. The van der Waals surface area contributed by atoms with Gasteiger partial charge in [-0.05, 0) is 75.3 Å².